The summed E-state index contributed by atoms with van der Waals surface area (Å²) in [5.41, 5.74) is 1.18. The van der Waals surface area contributed by atoms with Crippen molar-refractivity contribution in [3.8, 4) is 11.5 Å². The second kappa shape index (κ2) is 6.96. The molecule has 0 amide bonds. The molecule has 2 nitrogen and oxygen atoms in total. The Morgan fingerprint density at radius 2 is 1.89 bits per heavy atom. The zero-order chi connectivity index (χ0) is 13.7. The molecule has 0 fully saturated rings. The third-order valence-corrected chi connectivity index (χ3v) is 4.67. The van der Waals surface area contributed by atoms with Crippen molar-refractivity contribution in [1.29, 1.82) is 0 Å². The van der Waals surface area contributed by atoms with Gasteiger partial charge in [-0.05, 0) is 36.2 Å². The van der Waals surface area contributed by atoms with Crippen LogP contribution in [-0.2, 0) is 18.4 Å². The van der Waals surface area contributed by atoms with Crippen LogP contribution in [0.3, 0.4) is 0 Å². The Hall–Kier alpha value is -1.00. The number of rotatable bonds is 6. The third kappa shape index (κ3) is 3.74. The lowest BCUT2D eigenvalue weighted by atomic mass is 10.2. The predicted octanol–water partition coefficient (Wildman–Crippen LogP) is 4.79. The largest absolute Gasteiger partial charge is 0.493 e. The molecule has 1 aromatic heterocycles. The first-order valence-corrected chi connectivity index (χ1v) is 8.14. The van der Waals surface area contributed by atoms with Crippen molar-refractivity contribution in [3.63, 3.8) is 0 Å². The molecule has 1 heterocycles. The summed E-state index contributed by atoms with van der Waals surface area (Å²) >= 11 is 5.25. The maximum absolute atomic E-state index is 5.88. The molecule has 0 saturated heterocycles. The molecular weight excluding hydrogens is 324 g/mol. The van der Waals surface area contributed by atoms with Crippen molar-refractivity contribution < 1.29 is 9.47 Å². The Balaban J connectivity index is 2.09. The van der Waals surface area contributed by atoms with Crippen molar-refractivity contribution in [2.45, 2.75) is 25.3 Å². The fourth-order valence-corrected chi connectivity index (χ4v) is 2.98. The van der Waals surface area contributed by atoms with Crippen molar-refractivity contribution in [1.82, 2.24) is 0 Å². The van der Waals surface area contributed by atoms with Crippen molar-refractivity contribution >= 4 is 27.3 Å². The highest BCUT2D eigenvalue weighted by atomic mass is 79.9. The standard InChI is InChI=1S/C15H17BrO2S/c1-3-12-5-6-13(19-12)10-18-15-8-11(9-16)4-7-14(15)17-2/h4-8H,3,9-10H2,1-2H3. The van der Waals surface area contributed by atoms with Crippen LogP contribution in [0.1, 0.15) is 22.2 Å². The Labute approximate surface area is 126 Å². The van der Waals surface area contributed by atoms with E-state index in [0.717, 1.165) is 23.2 Å². The summed E-state index contributed by atoms with van der Waals surface area (Å²) in [6.45, 7) is 2.76. The fraction of sp³-hybridized carbons (Fsp3) is 0.333. The van der Waals surface area contributed by atoms with Gasteiger partial charge in [0.2, 0.25) is 0 Å². The van der Waals surface area contributed by atoms with Gasteiger partial charge in [0.15, 0.2) is 11.5 Å². The molecule has 0 aliphatic carbocycles. The first-order valence-electron chi connectivity index (χ1n) is 6.20. The van der Waals surface area contributed by atoms with E-state index in [9.17, 15) is 0 Å². The summed E-state index contributed by atoms with van der Waals surface area (Å²) in [5, 5.41) is 0.812. The molecule has 4 heteroatoms. The molecule has 0 aliphatic rings. The van der Waals surface area contributed by atoms with Gasteiger partial charge in [-0.15, -0.1) is 11.3 Å². The Morgan fingerprint density at radius 1 is 1.11 bits per heavy atom. The molecule has 102 valence electrons. The van der Waals surface area contributed by atoms with E-state index in [0.29, 0.717) is 6.61 Å². The maximum Gasteiger partial charge on any atom is 0.162 e. The van der Waals surface area contributed by atoms with E-state index in [1.165, 1.54) is 15.3 Å². The third-order valence-electron chi connectivity index (χ3n) is 2.82. The van der Waals surface area contributed by atoms with Gasteiger partial charge in [0, 0.05) is 15.1 Å². The summed E-state index contributed by atoms with van der Waals surface area (Å²) < 4.78 is 11.2. The minimum atomic E-state index is 0.590. The zero-order valence-electron chi connectivity index (χ0n) is 11.1. The highest BCUT2D eigenvalue weighted by Crippen LogP contribution is 2.30. The molecular formula is C15H17BrO2S. The van der Waals surface area contributed by atoms with Crippen molar-refractivity contribution in [2.24, 2.45) is 0 Å². The van der Waals surface area contributed by atoms with Crippen LogP contribution in [0.2, 0.25) is 0 Å². The van der Waals surface area contributed by atoms with E-state index >= 15 is 0 Å². The minimum absolute atomic E-state index is 0.590. The second-order valence-electron chi connectivity index (χ2n) is 4.13. The second-order valence-corrected chi connectivity index (χ2v) is 5.94. The number of thiophene rings is 1. The topological polar surface area (TPSA) is 18.5 Å². The SMILES string of the molecule is CCc1ccc(COc2cc(CBr)ccc2OC)s1. The molecule has 0 unspecified atom stereocenters. The highest BCUT2D eigenvalue weighted by Gasteiger charge is 2.07. The molecule has 0 N–H and O–H groups in total. The number of hydrogen-bond acceptors (Lipinski definition) is 3. The lowest BCUT2D eigenvalue weighted by Crippen LogP contribution is -1.96. The van der Waals surface area contributed by atoms with Gasteiger partial charge in [0.25, 0.3) is 0 Å². The molecule has 0 spiro atoms. The highest BCUT2D eigenvalue weighted by molar-refractivity contribution is 9.08. The number of methoxy groups -OCH3 is 1. The predicted molar refractivity (Wildman–Crippen MR) is 83.7 cm³/mol. The molecule has 2 rings (SSSR count). The summed E-state index contributed by atoms with van der Waals surface area (Å²) in [4.78, 5) is 2.63. The minimum Gasteiger partial charge on any atom is -0.493 e. The van der Waals surface area contributed by atoms with E-state index in [-0.39, 0.29) is 0 Å². The van der Waals surface area contributed by atoms with Crippen molar-refractivity contribution in [3.05, 3.63) is 45.6 Å². The number of benzene rings is 1. The number of ether oxygens (including phenoxy) is 2. The molecule has 0 atom stereocenters. The van der Waals surface area contributed by atoms with Gasteiger partial charge >= 0.3 is 0 Å². The van der Waals surface area contributed by atoms with Crippen LogP contribution in [0, 0.1) is 0 Å². The van der Waals surface area contributed by atoms with E-state index in [2.05, 4.69) is 35.0 Å². The monoisotopic (exact) mass is 340 g/mol. The molecule has 0 radical (unpaired) electrons. The molecule has 0 aliphatic heterocycles. The van der Waals surface area contributed by atoms with E-state index in [1.807, 2.05) is 18.2 Å². The van der Waals surface area contributed by atoms with Gasteiger partial charge in [0.1, 0.15) is 6.61 Å². The van der Waals surface area contributed by atoms with Crippen LogP contribution in [0.4, 0.5) is 0 Å². The zero-order valence-corrected chi connectivity index (χ0v) is 13.5. The summed E-state index contributed by atoms with van der Waals surface area (Å²) in [7, 11) is 1.66. The van der Waals surface area contributed by atoms with Gasteiger partial charge < -0.3 is 9.47 Å². The maximum atomic E-state index is 5.88. The molecule has 0 saturated carbocycles. The molecule has 0 bridgehead atoms. The number of hydrogen-bond donors (Lipinski definition) is 0. The van der Waals surface area contributed by atoms with Crippen LogP contribution < -0.4 is 9.47 Å². The molecule has 19 heavy (non-hydrogen) atoms. The van der Waals surface area contributed by atoms with Gasteiger partial charge in [-0.25, -0.2) is 0 Å². The van der Waals surface area contributed by atoms with Gasteiger partial charge in [0.05, 0.1) is 7.11 Å². The molecule has 1 aromatic carbocycles. The summed E-state index contributed by atoms with van der Waals surface area (Å²) in [6, 6.07) is 10.3. The van der Waals surface area contributed by atoms with Gasteiger partial charge in [-0.1, -0.05) is 28.9 Å². The lowest BCUT2D eigenvalue weighted by molar-refractivity contribution is 0.287. The van der Waals surface area contributed by atoms with E-state index in [1.54, 1.807) is 18.4 Å². The quantitative estimate of drug-likeness (QED) is 0.703. The Kier molecular flexibility index (Phi) is 5.28. The average Bonchev–Trinajstić information content (AvgIpc) is 2.92. The van der Waals surface area contributed by atoms with Gasteiger partial charge in [-0.3, -0.25) is 0 Å². The normalized spacial score (nSPS) is 10.5. The smallest absolute Gasteiger partial charge is 0.162 e. The molecule has 2 aromatic rings. The first-order chi connectivity index (χ1) is 9.26. The van der Waals surface area contributed by atoms with Crippen LogP contribution in [0.15, 0.2) is 30.3 Å². The first kappa shape index (κ1) is 14.4. The van der Waals surface area contributed by atoms with Crippen molar-refractivity contribution in [2.75, 3.05) is 7.11 Å². The van der Waals surface area contributed by atoms with Crippen LogP contribution in [0.5, 0.6) is 11.5 Å². The average molecular weight is 341 g/mol. The summed E-state index contributed by atoms with van der Waals surface area (Å²) in [6.07, 6.45) is 1.08. The Bertz CT molecular complexity index is 537. The van der Waals surface area contributed by atoms with E-state index in [4.69, 9.17) is 9.47 Å². The fourth-order valence-electron chi connectivity index (χ4n) is 1.76. The Morgan fingerprint density at radius 3 is 2.53 bits per heavy atom. The van der Waals surface area contributed by atoms with Gasteiger partial charge in [-0.2, -0.15) is 0 Å². The lowest BCUT2D eigenvalue weighted by Gasteiger charge is -2.11. The van der Waals surface area contributed by atoms with Crippen LogP contribution >= 0.6 is 27.3 Å². The number of alkyl halides is 1. The number of halogens is 1. The van der Waals surface area contributed by atoms with Crippen LogP contribution in [-0.4, -0.2) is 7.11 Å². The van der Waals surface area contributed by atoms with Crippen LogP contribution in [0.25, 0.3) is 0 Å². The number of aryl methyl sites for hydroxylation is 1. The summed E-state index contributed by atoms with van der Waals surface area (Å²) in [5.74, 6) is 1.57. The van der Waals surface area contributed by atoms with E-state index < -0.39 is 0 Å².